The lowest BCUT2D eigenvalue weighted by molar-refractivity contribution is 0.179. The van der Waals surface area contributed by atoms with Gasteiger partial charge in [0.25, 0.3) is 0 Å². The molecular formula is C9H8BrClN2O2. The molecule has 1 unspecified atom stereocenters. The van der Waals surface area contributed by atoms with Crippen LogP contribution in [0.15, 0.2) is 27.4 Å². The maximum atomic E-state index is 10.0. The quantitative estimate of drug-likeness (QED) is 0.925. The first-order chi connectivity index (χ1) is 7.11. The molecule has 0 aliphatic heterocycles. The Bertz CT molecular complexity index is 461. The average Bonchev–Trinajstić information content (AvgIpc) is 2.73. The summed E-state index contributed by atoms with van der Waals surface area (Å²) in [5, 5.41) is 14.4. The van der Waals surface area contributed by atoms with Gasteiger partial charge in [-0.15, -0.1) is 0 Å². The molecule has 4 nitrogen and oxygen atoms in total. The molecule has 2 heterocycles. The normalized spacial score (nSPS) is 13.1. The molecule has 0 aromatic carbocycles. The summed E-state index contributed by atoms with van der Waals surface area (Å²) in [7, 11) is 1.71. The molecule has 0 amide bonds. The molecule has 2 aromatic heterocycles. The fourth-order valence-corrected chi connectivity index (χ4v) is 2.04. The Hall–Kier alpha value is -0.780. The molecule has 80 valence electrons. The van der Waals surface area contributed by atoms with Gasteiger partial charge in [0.2, 0.25) is 0 Å². The van der Waals surface area contributed by atoms with Crippen molar-refractivity contribution in [1.82, 2.24) is 9.78 Å². The molecule has 0 spiro atoms. The first-order valence-corrected chi connectivity index (χ1v) is 5.36. The summed E-state index contributed by atoms with van der Waals surface area (Å²) in [6.07, 6.45) is 2.05. The predicted octanol–water partition coefficient (Wildman–Crippen LogP) is 2.51. The van der Waals surface area contributed by atoms with Gasteiger partial charge < -0.3 is 9.52 Å². The van der Waals surface area contributed by atoms with Crippen LogP contribution in [0, 0.1) is 0 Å². The monoisotopic (exact) mass is 290 g/mol. The van der Waals surface area contributed by atoms with Crippen LogP contribution in [0.5, 0.6) is 0 Å². The number of aryl methyl sites for hydroxylation is 1. The van der Waals surface area contributed by atoms with Crippen LogP contribution in [0.3, 0.4) is 0 Å². The highest BCUT2D eigenvalue weighted by atomic mass is 79.9. The molecule has 0 saturated carbocycles. The third kappa shape index (κ3) is 1.82. The Morgan fingerprint density at radius 1 is 1.67 bits per heavy atom. The molecule has 2 aromatic rings. The minimum Gasteiger partial charge on any atom is -0.465 e. The first kappa shape index (κ1) is 10.7. The van der Waals surface area contributed by atoms with Crippen molar-refractivity contribution >= 4 is 27.5 Å². The van der Waals surface area contributed by atoms with E-state index in [2.05, 4.69) is 21.0 Å². The largest absolute Gasteiger partial charge is 0.465 e. The minimum atomic E-state index is -0.922. The van der Waals surface area contributed by atoms with Gasteiger partial charge in [0, 0.05) is 7.05 Å². The number of aliphatic hydroxyl groups is 1. The highest BCUT2D eigenvalue weighted by molar-refractivity contribution is 9.10. The molecule has 0 fully saturated rings. The van der Waals surface area contributed by atoms with Crippen LogP contribution in [0.2, 0.25) is 5.02 Å². The van der Waals surface area contributed by atoms with Gasteiger partial charge in [0.05, 0.1) is 27.6 Å². The van der Waals surface area contributed by atoms with E-state index in [9.17, 15) is 5.11 Å². The van der Waals surface area contributed by atoms with Gasteiger partial charge in [0.15, 0.2) is 11.9 Å². The van der Waals surface area contributed by atoms with Crippen LogP contribution in [0.4, 0.5) is 0 Å². The van der Waals surface area contributed by atoms with Crippen molar-refractivity contribution in [1.29, 1.82) is 0 Å². The van der Waals surface area contributed by atoms with E-state index in [1.165, 1.54) is 17.1 Å². The third-order valence-electron chi connectivity index (χ3n) is 2.09. The van der Waals surface area contributed by atoms with E-state index >= 15 is 0 Å². The van der Waals surface area contributed by atoms with Crippen molar-refractivity contribution < 1.29 is 9.52 Å². The highest BCUT2D eigenvalue weighted by Gasteiger charge is 2.23. The maximum Gasteiger partial charge on any atom is 0.156 e. The molecule has 1 N–H and O–H groups in total. The van der Waals surface area contributed by atoms with E-state index in [1.54, 1.807) is 13.1 Å². The predicted molar refractivity (Wildman–Crippen MR) is 58.7 cm³/mol. The lowest BCUT2D eigenvalue weighted by Gasteiger charge is -2.09. The summed E-state index contributed by atoms with van der Waals surface area (Å²) < 4.78 is 7.38. The highest BCUT2D eigenvalue weighted by Crippen LogP contribution is 2.32. The van der Waals surface area contributed by atoms with E-state index < -0.39 is 6.10 Å². The van der Waals surface area contributed by atoms with Crippen molar-refractivity contribution in [3.8, 4) is 0 Å². The van der Waals surface area contributed by atoms with Crippen LogP contribution in [0.25, 0.3) is 0 Å². The molecule has 1 atom stereocenters. The number of aliphatic hydroxyl groups excluding tert-OH is 1. The second-order valence-corrected chi connectivity index (χ2v) is 4.30. The fraction of sp³-hybridized carbons (Fsp3) is 0.222. The van der Waals surface area contributed by atoms with Gasteiger partial charge in [-0.1, -0.05) is 11.6 Å². The second-order valence-electron chi connectivity index (χ2n) is 3.04. The Balaban J connectivity index is 2.45. The summed E-state index contributed by atoms with van der Waals surface area (Å²) >= 11 is 9.18. The van der Waals surface area contributed by atoms with Crippen LogP contribution < -0.4 is 0 Å². The van der Waals surface area contributed by atoms with Crippen molar-refractivity contribution in [3.63, 3.8) is 0 Å². The van der Waals surface area contributed by atoms with Crippen LogP contribution in [-0.2, 0) is 7.05 Å². The molecule has 0 aliphatic rings. The number of halogens is 2. The smallest absolute Gasteiger partial charge is 0.156 e. The van der Waals surface area contributed by atoms with Gasteiger partial charge >= 0.3 is 0 Å². The van der Waals surface area contributed by atoms with E-state index in [1.807, 2.05) is 0 Å². The number of nitrogens with zero attached hydrogens (tertiary/aromatic N) is 2. The van der Waals surface area contributed by atoms with Crippen molar-refractivity contribution in [2.45, 2.75) is 6.10 Å². The summed E-state index contributed by atoms with van der Waals surface area (Å²) in [6, 6.07) is 1.71. The molecule has 0 saturated heterocycles. The molecule has 15 heavy (non-hydrogen) atoms. The standard InChI is InChI=1S/C9H8BrClN2O2/c1-13-7(6(11)4-12-13)8(14)9-5(10)2-3-15-9/h2-4,8,14H,1H3. The zero-order chi connectivity index (χ0) is 11.0. The van der Waals surface area contributed by atoms with Gasteiger partial charge in [-0.3, -0.25) is 4.68 Å². The Morgan fingerprint density at radius 3 is 2.87 bits per heavy atom. The Morgan fingerprint density at radius 2 is 2.40 bits per heavy atom. The summed E-state index contributed by atoms with van der Waals surface area (Å²) in [5.41, 5.74) is 0.507. The van der Waals surface area contributed by atoms with Gasteiger partial charge in [-0.2, -0.15) is 5.10 Å². The van der Waals surface area contributed by atoms with Gasteiger partial charge in [0.1, 0.15) is 0 Å². The number of aromatic nitrogens is 2. The van der Waals surface area contributed by atoms with Crippen molar-refractivity contribution in [2.75, 3.05) is 0 Å². The first-order valence-electron chi connectivity index (χ1n) is 4.19. The lowest BCUT2D eigenvalue weighted by Crippen LogP contribution is -2.06. The van der Waals surface area contributed by atoms with Gasteiger partial charge in [-0.25, -0.2) is 0 Å². The molecular weight excluding hydrogens is 283 g/mol. The molecule has 0 aliphatic carbocycles. The van der Waals surface area contributed by atoms with Gasteiger partial charge in [-0.05, 0) is 22.0 Å². The van der Waals surface area contributed by atoms with E-state index in [-0.39, 0.29) is 0 Å². The van der Waals surface area contributed by atoms with Crippen LogP contribution in [0.1, 0.15) is 17.6 Å². The molecule has 0 bridgehead atoms. The average molecular weight is 292 g/mol. The SMILES string of the molecule is Cn1ncc(Cl)c1C(O)c1occc1Br. The van der Waals surface area contributed by atoms with E-state index in [0.717, 1.165) is 0 Å². The van der Waals surface area contributed by atoms with Crippen LogP contribution >= 0.6 is 27.5 Å². The second kappa shape index (κ2) is 4.00. The van der Waals surface area contributed by atoms with Crippen molar-refractivity contribution in [2.24, 2.45) is 7.05 Å². The molecule has 2 rings (SSSR count). The Labute approximate surface area is 99.6 Å². The topological polar surface area (TPSA) is 51.2 Å². The maximum absolute atomic E-state index is 10.0. The number of furan rings is 1. The molecule has 6 heteroatoms. The van der Waals surface area contributed by atoms with E-state index in [4.69, 9.17) is 16.0 Å². The summed E-state index contributed by atoms with van der Waals surface area (Å²) in [4.78, 5) is 0. The minimum absolute atomic E-state index is 0.410. The molecule has 0 radical (unpaired) electrons. The van der Waals surface area contributed by atoms with E-state index in [0.29, 0.717) is 20.9 Å². The van der Waals surface area contributed by atoms with Crippen LogP contribution in [-0.4, -0.2) is 14.9 Å². The lowest BCUT2D eigenvalue weighted by atomic mass is 10.2. The Kier molecular flexibility index (Phi) is 2.86. The summed E-state index contributed by atoms with van der Waals surface area (Å²) in [6.45, 7) is 0. The third-order valence-corrected chi connectivity index (χ3v) is 3.04. The number of hydrogen-bond acceptors (Lipinski definition) is 3. The van der Waals surface area contributed by atoms with Crippen molar-refractivity contribution in [3.05, 3.63) is 39.5 Å². The fourth-order valence-electron chi connectivity index (χ4n) is 1.35. The number of rotatable bonds is 2. The number of hydrogen-bond donors (Lipinski definition) is 1. The zero-order valence-corrected chi connectivity index (χ0v) is 10.2. The summed E-state index contributed by atoms with van der Waals surface area (Å²) in [5.74, 6) is 0.417. The zero-order valence-electron chi connectivity index (χ0n) is 7.82.